The minimum Gasteiger partial charge on any atom is -0.292 e. The second-order valence-corrected chi connectivity index (χ2v) is 9.96. The Hall–Kier alpha value is -2.39. The van der Waals surface area contributed by atoms with Crippen LogP contribution in [0.1, 0.15) is 54.9 Å². The van der Waals surface area contributed by atoms with Gasteiger partial charge in [-0.15, -0.1) is 0 Å². The highest BCUT2D eigenvalue weighted by atomic mass is 32.2. The lowest BCUT2D eigenvalue weighted by molar-refractivity contribution is -0.119. The van der Waals surface area contributed by atoms with Gasteiger partial charge in [0.25, 0.3) is 0 Å². The van der Waals surface area contributed by atoms with Gasteiger partial charge in [-0.3, -0.25) is 9.69 Å². The number of hydrogen-bond acceptors (Lipinski definition) is 5. The van der Waals surface area contributed by atoms with Gasteiger partial charge in [-0.2, -0.15) is 4.31 Å². The van der Waals surface area contributed by atoms with Crippen LogP contribution in [0.4, 0.5) is 10.2 Å². The third-order valence-electron chi connectivity index (χ3n) is 5.83. The number of hydrogen-bond donors (Lipinski definition) is 0. The van der Waals surface area contributed by atoms with Crippen LogP contribution in [0, 0.1) is 12.7 Å². The Bertz CT molecular complexity index is 1070. The fourth-order valence-electron chi connectivity index (χ4n) is 4.18. The number of sulfonamides is 1. The first-order chi connectivity index (χ1) is 14.3. The predicted octanol–water partition coefficient (Wildman–Crippen LogP) is 2.89. The first-order valence-electron chi connectivity index (χ1n) is 10.2. The van der Waals surface area contributed by atoms with Crippen molar-refractivity contribution in [1.29, 1.82) is 0 Å². The van der Waals surface area contributed by atoms with Crippen LogP contribution in [0.25, 0.3) is 0 Å². The minimum atomic E-state index is -3.37. The SMILES string of the molecule is CCS(=O)(=O)N1CCCC1c1nc(C)c2c(n1)N(Cc1ccc(F)cc1)C(=O)CC2. The first-order valence-corrected chi connectivity index (χ1v) is 11.8. The zero-order chi connectivity index (χ0) is 21.5. The van der Waals surface area contributed by atoms with Gasteiger partial charge >= 0.3 is 0 Å². The second kappa shape index (κ2) is 8.03. The van der Waals surface area contributed by atoms with Crippen molar-refractivity contribution in [2.75, 3.05) is 17.2 Å². The van der Waals surface area contributed by atoms with Crippen LogP contribution >= 0.6 is 0 Å². The van der Waals surface area contributed by atoms with Crippen LogP contribution in [0.2, 0.25) is 0 Å². The van der Waals surface area contributed by atoms with E-state index in [0.717, 1.165) is 23.2 Å². The Morgan fingerprint density at radius 3 is 2.60 bits per heavy atom. The van der Waals surface area contributed by atoms with Gasteiger partial charge in [0.1, 0.15) is 17.5 Å². The number of amides is 1. The van der Waals surface area contributed by atoms with E-state index in [9.17, 15) is 17.6 Å². The average molecular weight is 433 g/mol. The summed E-state index contributed by atoms with van der Waals surface area (Å²) in [6, 6.07) is 5.63. The number of benzene rings is 1. The molecule has 0 N–H and O–H groups in total. The molecule has 3 heterocycles. The maximum atomic E-state index is 13.3. The van der Waals surface area contributed by atoms with E-state index in [-0.39, 0.29) is 24.0 Å². The van der Waals surface area contributed by atoms with E-state index in [4.69, 9.17) is 4.98 Å². The van der Waals surface area contributed by atoms with Crippen LogP contribution in [0.5, 0.6) is 0 Å². The van der Waals surface area contributed by atoms with E-state index >= 15 is 0 Å². The molecule has 0 bridgehead atoms. The number of anilines is 1. The third kappa shape index (κ3) is 3.83. The molecular formula is C21H25FN4O3S. The molecule has 160 valence electrons. The summed E-state index contributed by atoms with van der Waals surface area (Å²) >= 11 is 0. The fraction of sp³-hybridized carbons (Fsp3) is 0.476. The van der Waals surface area contributed by atoms with E-state index in [1.807, 2.05) is 6.92 Å². The van der Waals surface area contributed by atoms with Crippen molar-refractivity contribution in [2.45, 2.75) is 52.1 Å². The highest BCUT2D eigenvalue weighted by molar-refractivity contribution is 7.89. The molecule has 1 saturated heterocycles. The summed E-state index contributed by atoms with van der Waals surface area (Å²) < 4.78 is 39.8. The molecule has 1 atom stereocenters. The van der Waals surface area contributed by atoms with Gasteiger partial charge < -0.3 is 0 Å². The number of halogens is 1. The Morgan fingerprint density at radius 2 is 1.90 bits per heavy atom. The highest BCUT2D eigenvalue weighted by Gasteiger charge is 2.37. The topological polar surface area (TPSA) is 83.5 Å². The molecule has 2 aromatic rings. The molecule has 0 saturated carbocycles. The number of nitrogens with zero attached hydrogens (tertiary/aromatic N) is 4. The average Bonchev–Trinajstić information content (AvgIpc) is 3.22. The van der Waals surface area contributed by atoms with E-state index in [2.05, 4.69) is 4.98 Å². The number of fused-ring (bicyclic) bond motifs is 1. The molecule has 1 aromatic carbocycles. The molecule has 1 unspecified atom stereocenters. The van der Waals surface area contributed by atoms with Crippen LogP contribution in [0.3, 0.4) is 0 Å². The van der Waals surface area contributed by atoms with Crippen molar-refractivity contribution in [1.82, 2.24) is 14.3 Å². The maximum Gasteiger partial charge on any atom is 0.228 e. The zero-order valence-electron chi connectivity index (χ0n) is 17.1. The molecule has 0 spiro atoms. The molecule has 1 aromatic heterocycles. The minimum absolute atomic E-state index is 0.0304. The number of aryl methyl sites for hydroxylation is 1. The van der Waals surface area contributed by atoms with Crippen LogP contribution < -0.4 is 4.90 Å². The highest BCUT2D eigenvalue weighted by Crippen LogP contribution is 2.36. The van der Waals surface area contributed by atoms with Crippen molar-refractivity contribution in [3.05, 3.63) is 52.7 Å². The van der Waals surface area contributed by atoms with Crippen molar-refractivity contribution in [3.63, 3.8) is 0 Å². The van der Waals surface area contributed by atoms with Crippen LogP contribution in [0.15, 0.2) is 24.3 Å². The summed E-state index contributed by atoms with van der Waals surface area (Å²) in [5.41, 5.74) is 2.47. The Balaban J connectivity index is 1.73. The van der Waals surface area contributed by atoms with Crippen molar-refractivity contribution in [3.8, 4) is 0 Å². The second-order valence-electron chi connectivity index (χ2n) is 7.75. The normalized spacial score (nSPS) is 19.9. The smallest absolute Gasteiger partial charge is 0.228 e. The summed E-state index contributed by atoms with van der Waals surface area (Å²) in [4.78, 5) is 23.7. The standard InChI is InChI=1S/C21H25FN4O3S/c1-3-30(28,29)26-12-4-5-18(26)20-23-14(2)17-10-11-19(27)25(21(17)24-20)13-15-6-8-16(22)9-7-15/h6-9,18H,3-5,10-13H2,1-2H3. The number of carbonyl (C=O) groups excluding carboxylic acids is 1. The van der Waals surface area contributed by atoms with E-state index < -0.39 is 16.1 Å². The summed E-state index contributed by atoms with van der Waals surface area (Å²) in [5.74, 6) is 0.629. The Kier molecular flexibility index (Phi) is 5.59. The van der Waals surface area contributed by atoms with Gasteiger partial charge in [0.05, 0.1) is 18.3 Å². The van der Waals surface area contributed by atoms with Gasteiger partial charge in [-0.25, -0.2) is 22.8 Å². The lowest BCUT2D eigenvalue weighted by atomic mass is 10.0. The predicted molar refractivity (Wildman–Crippen MR) is 111 cm³/mol. The molecule has 1 amide bonds. The monoisotopic (exact) mass is 432 g/mol. The lowest BCUT2D eigenvalue weighted by Gasteiger charge is -2.31. The summed E-state index contributed by atoms with van der Waals surface area (Å²) in [6.07, 6.45) is 2.32. The molecular weight excluding hydrogens is 407 g/mol. The summed E-state index contributed by atoms with van der Waals surface area (Å²) in [5, 5.41) is 0. The number of rotatable bonds is 5. The lowest BCUT2D eigenvalue weighted by Crippen LogP contribution is -2.37. The van der Waals surface area contributed by atoms with Gasteiger partial charge in [0.2, 0.25) is 15.9 Å². The molecule has 0 aliphatic carbocycles. The van der Waals surface area contributed by atoms with Crippen LogP contribution in [-0.2, 0) is 27.8 Å². The van der Waals surface area contributed by atoms with E-state index in [1.54, 1.807) is 24.0 Å². The summed E-state index contributed by atoms with van der Waals surface area (Å²) in [6.45, 7) is 4.25. The molecule has 4 rings (SSSR count). The van der Waals surface area contributed by atoms with Gasteiger partial charge in [-0.05, 0) is 50.8 Å². The van der Waals surface area contributed by atoms with Crippen molar-refractivity contribution >= 4 is 21.7 Å². The van der Waals surface area contributed by atoms with Gasteiger partial charge in [-0.1, -0.05) is 12.1 Å². The third-order valence-corrected chi connectivity index (χ3v) is 7.71. The van der Waals surface area contributed by atoms with Gasteiger partial charge in [0, 0.05) is 24.2 Å². The first kappa shape index (κ1) is 20.9. The molecule has 2 aliphatic rings. The number of carbonyl (C=O) groups is 1. The maximum absolute atomic E-state index is 13.3. The molecule has 1 fully saturated rings. The fourth-order valence-corrected chi connectivity index (χ4v) is 5.51. The molecule has 7 nitrogen and oxygen atoms in total. The molecule has 9 heteroatoms. The molecule has 30 heavy (non-hydrogen) atoms. The Morgan fingerprint density at radius 1 is 1.17 bits per heavy atom. The van der Waals surface area contributed by atoms with E-state index in [0.29, 0.717) is 37.4 Å². The summed E-state index contributed by atoms with van der Waals surface area (Å²) in [7, 11) is -3.37. The van der Waals surface area contributed by atoms with Crippen molar-refractivity contribution < 1.29 is 17.6 Å². The van der Waals surface area contributed by atoms with Crippen LogP contribution in [-0.4, -0.2) is 40.9 Å². The Labute approximate surface area is 176 Å². The zero-order valence-corrected chi connectivity index (χ0v) is 18.0. The largest absolute Gasteiger partial charge is 0.292 e. The molecule has 0 radical (unpaired) electrons. The van der Waals surface area contributed by atoms with Crippen molar-refractivity contribution in [2.24, 2.45) is 0 Å². The quantitative estimate of drug-likeness (QED) is 0.726. The molecule has 2 aliphatic heterocycles. The van der Waals surface area contributed by atoms with Gasteiger partial charge in [0.15, 0.2) is 0 Å². The van der Waals surface area contributed by atoms with E-state index in [1.165, 1.54) is 16.4 Å². The number of aromatic nitrogens is 2.